The number of nitrogens with one attached hydrogen (secondary N) is 1. The lowest BCUT2D eigenvalue weighted by atomic mass is 10.1. The minimum Gasteiger partial charge on any atom is -0.444 e. The van der Waals surface area contributed by atoms with Crippen LogP contribution in [0, 0.1) is 5.82 Å². The third-order valence-electron chi connectivity index (χ3n) is 2.33. The number of benzene rings is 1. The Kier molecular flexibility index (Phi) is 5.58. The molecule has 1 unspecified atom stereocenters. The molecule has 21 heavy (non-hydrogen) atoms. The average Bonchev–Trinajstić information content (AvgIpc) is 2.24. The molecule has 0 aliphatic carbocycles. The second-order valence-corrected chi connectivity index (χ2v) is 8.28. The van der Waals surface area contributed by atoms with Crippen molar-refractivity contribution in [2.24, 2.45) is 0 Å². The Balaban J connectivity index is 2.93. The van der Waals surface area contributed by atoms with E-state index < -0.39 is 38.4 Å². The van der Waals surface area contributed by atoms with E-state index in [1.54, 1.807) is 20.8 Å². The predicted octanol–water partition coefficient (Wildman–Crippen LogP) is 2.96. The van der Waals surface area contributed by atoms with Crippen molar-refractivity contribution in [3.8, 4) is 0 Å². The van der Waals surface area contributed by atoms with Crippen LogP contribution < -0.4 is 5.32 Å². The number of hydrogen-bond donors (Lipinski definition) is 1. The second kappa shape index (κ2) is 6.62. The van der Waals surface area contributed by atoms with Gasteiger partial charge in [0.05, 0.1) is 11.8 Å². The molecule has 1 amide bonds. The number of amides is 1. The molecular formula is C13H17ClFNO4S. The van der Waals surface area contributed by atoms with E-state index in [0.717, 1.165) is 0 Å². The van der Waals surface area contributed by atoms with Crippen molar-refractivity contribution in [2.45, 2.75) is 32.4 Å². The van der Waals surface area contributed by atoms with Gasteiger partial charge in [-0.3, -0.25) is 0 Å². The summed E-state index contributed by atoms with van der Waals surface area (Å²) in [4.78, 5) is 11.7. The number of halogens is 2. The molecule has 1 rings (SSSR count). The summed E-state index contributed by atoms with van der Waals surface area (Å²) in [6.07, 6.45) is -0.780. The molecule has 118 valence electrons. The van der Waals surface area contributed by atoms with Crippen LogP contribution in [0.25, 0.3) is 0 Å². The Hall–Kier alpha value is -1.34. The van der Waals surface area contributed by atoms with Gasteiger partial charge < -0.3 is 10.1 Å². The average molecular weight is 338 g/mol. The summed E-state index contributed by atoms with van der Waals surface area (Å²) >= 11 is 0. The number of ether oxygens (including phenoxy) is 1. The highest BCUT2D eigenvalue weighted by Crippen LogP contribution is 2.19. The van der Waals surface area contributed by atoms with Gasteiger partial charge in [-0.25, -0.2) is 17.6 Å². The molecule has 1 N–H and O–H groups in total. The van der Waals surface area contributed by atoms with E-state index in [4.69, 9.17) is 15.4 Å². The highest BCUT2D eigenvalue weighted by atomic mass is 35.7. The molecule has 0 spiro atoms. The zero-order valence-electron chi connectivity index (χ0n) is 11.9. The normalized spacial score (nSPS) is 13.6. The van der Waals surface area contributed by atoms with Crippen molar-refractivity contribution in [3.05, 3.63) is 35.6 Å². The molecule has 0 fully saturated rings. The first kappa shape index (κ1) is 17.7. The predicted molar refractivity (Wildman–Crippen MR) is 78.2 cm³/mol. The van der Waals surface area contributed by atoms with Gasteiger partial charge in [-0.1, -0.05) is 12.1 Å². The maximum Gasteiger partial charge on any atom is 0.408 e. The van der Waals surface area contributed by atoms with Crippen molar-refractivity contribution < 1.29 is 22.3 Å². The van der Waals surface area contributed by atoms with Crippen LogP contribution in [0.1, 0.15) is 32.4 Å². The maximum absolute atomic E-state index is 12.9. The van der Waals surface area contributed by atoms with E-state index in [1.165, 1.54) is 24.3 Å². The lowest BCUT2D eigenvalue weighted by molar-refractivity contribution is 0.0509. The monoisotopic (exact) mass is 337 g/mol. The van der Waals surface area contributed by atoms with Crippen molar-refractivity contribution in [1.29, 1.82) is 0 Å². The summed E-state index contributed by atoms with van der Waals surface area (Å²) < 4.78 is 40.5. The summed E-state index contributed by atoms with van der Waals surface area (Å²) in [6, 6.07) is 4.15. The first-order valence-electron chi connectivity index (χ1n) is 6.13. The Morgan fingerprint density at radius 1 is 1.33 bits per heavy atom. The minimum absolute atomic E-state index is 0.409. The molecule has 0 saturated carbocycles. The van der Waals surface area contributed by atoms with Crippen LogP contribution >= 0.6 is 10.7 Å². The summed E-state index contributed by atoms with van der Waals surface area (Å²) in [5.41, 5.74) is -0.316. The van der Waals surface area contributed by atoms with Crippen LogP contribution in [0.2, 0.25) is 0 Å². The molecule has 1 atom stereocenters. The quantitative estimate of drug-likeness (QED) is 0.857. The van der Waals surface area contributed by atoms with Crippen molar-refractivity contribution >= 4 is 25.8 Å². The molecular weight excluding hydrogens is 321 g/mol. The van der Waals surface area contributed by atoms with Gasteiger partial charge in [0.1, 0.15) is 11.4 Å². The van der Waals surface area contributed by atoms with Crippen LogP contribution in [0.4, 0.5) is 9.18 Å². The van der Waals surface area contributed by atoms with E-state index in [0.29, 0.717) is 5.56 Å². The molecule has 0 aliphatic rings. The van der Waals surface area contributed by atoms with Crippen LogP contribution in [0.3, 0.4) is 0 Å². The molecule has 0 aliphatic heterocycles. The molecule has 1 aromatic carbocycles. The number of carbonyl (C=O) groups is 1. The molecule has 1 aromatic rings. The Bertz CT molecular complexity index is 596. The third kappa shape index (κ3) is 7.29. The zero-order valence-corrected chi connectivity index (χ0v) is 13.5. The van der Waals surface area contributed by atoms with Gasteiger partial charge in [0, 0.05) is 10.7 Å². The van der Waals surface area contributed by atoms with Gasteiger partial charge >= 0.3 is 6.09 Å². The van der Waals surface area contributed by atoms with E-state index in [2.05, 4.69) is 5.32 Å². The summed E-state index contributed by atoms with van der Waals surface area (Å²) in [6.45, 7) is 5.04. The van der Waals surface area contributed by atoms with E-state index in [-0.39, 0.29) is 0 Å². The molecule has 0 saturated heterocycles. The van der Waals surface area contributed by atoms with Crippen molar-refractivity contribution in [1.82, 2.24) is 5.32 Å². The summed E-state index contributed by atoms with van der Waals surface area (Å²) in [5, 5.41) is 2.42. The highest BCUT2D eigenvalue weighted by molar-refractivity contribution is 8.13. The summed E-state index contributed by atoms with van der Waals surface area (Å²) in [7, 11) is 1.37. The molecule has 0 aromatic heterocycles. The fourth-order valence-electron chi connectivity index (χ4n) is 1.57. The van der Waals surface area contributed by atoms with Crippen LogP contribution in [0.5, 0.6) is 0 Å². The highest BCUT2D eigenvalue weighted by Gasteiger charge is 2.24. The molecule has 0 radical (unpaired) electrons. The molecule has 5 nitrogen and oxygen atoms in total. The Morgan fingerprint density at radius 2 is 1.86 bits per heavy atom. The topological polar surface area (TPSA) is 72.5 Å². The minimum atomic E-state index is -3.86. The third-order valence-corrected chi connectivity index (χ3v) is 3.44. The SMILES string of the molecule is CC(C)(C)OC(=O)NC(CS(=O)(=O)Cl)c1ccc(F)cc1. The van der Waals surface area contributed by atoms with Gasteiger partial charge in [-0.2, -0.15) is 0 Å². The van der Waals surface area contributed by atoms with E-state index >= 15 is 0 Å². The van der Waals surface area contributed by atoms with Gasteiger partial charge in [0.25, 0.3) is 0 Å². The zero-order chi connectivity index (χ0) is 16.3. The molecule has 8 heteroatoms. The van der Waals surface area contributed by atoms with Gasteiger partial charge in [0.15, 0.2) is 0 Å². The molecule has 0 heterocycles. The first-order chi connectivity index (χ1) is 9.46. The number of hydrogen-bond acceptors (Lipinski definition) is 4. The number of alkyl carbamates (subject to hydrolysis) is 1. The number of rotatable bonds is 4. The molecule has 0 bridgehead atoms. The van der Waals surface area contributed by atoms with Crippen LogP contribution in [0.15, 0.2) is 24.3 Å². The van der Waals surface area contributed by atoms with Crippen LogP contribution in [-0.4, -0.2) is 25.9 Å². The Morgan fingerprint density at radius 3 is 2.29 bits per heavy atom. The van der Waals surface area contributed by atoms with E-state index in [9.17, 15) is 17.6 Å². The second-order valence-electron chi connectivity index (χ2n) is 5.46. The largest absolute Gasteiger partial charge is 0.444 e. The van der Waals surface area contributed by atoms with Crippen molar-refractivity contribution in [2.75, 3.05) is 5.75 Å². The lowest BCUT2D eigenvalue weighted by Crippen LogP contribution is -2.37. The van der Waals surface area contributed by atoms with Crippen molar-refractivity contribution in [3.63, 3.8) is 0 Å². The fourth-order valence-corrected chi connectivity index (χ4v) is 2.62. The fraction of sp³-hybridized carbons (Fsp3) is 0.462. The van der Waals surface area contributed by atoms with Gasteiger partial charge in [-0.05, 0) is 38.5 Å². The standard InChI is InChI=1S/C13H17ClFNO4S/c1-13(2,3)20-12(17)16-11(8-21(14,18)19)9-4-6-10(15)7-5-9/h4-7,11H,8H2,1-3H3,(H,16,17). The smallest absolute Gasteiger partial charge is 0.408 e. The number of carbonyl (C=O) groups excluding carboxylic acids is 1. The van der Waals surface area contributed by atoms with E-state index in [1.807, 2.05) is 0 Å². The van der Waals surface area contributed by atoms with Gasteiger partial charge in [0.2, 0.25) is 9.05 Å². The maximum atomic E-state index is 12.9. The first-order valence-corrected chi connectivity index (χ1v) is 8.61. The van der Waals surface area contributed by atoms with Crippen LogP contribution in [-0.2, 0) is 13.8 Å². The lowest BCUT2D eigenvalue weighted by Gasteiger charge is -2.23. The Labute approximate surface area is 127 Å². The van der Waals surface area contributed by atoms with Gasteiger partial charge in [-0.15, -0.1) is 0 Å². The summed E-state index contributed by atoms with van der Waals surface area (Å²) in [5.74, 6) is -0.997.